The lowest BCUT2D eigenvalue weighted by Gasteiger charge is -2.09. The predicted molar refractivity (Wildman–Crippen MR) is 114 cm³/mol. The maximum absolute atomic E-state index is 5.78. The molecule has 152 valence electrons. The van der Waals surface area contributed by atoms with E-state index in [1.807, 2.05) is 42.5 Å². The fourth-order valence-corrected chi connectivity index (χ4v) is 4.10. The van der Waals surface area contributed by atoms with Crippen molar-refractivity contribution in [1.82, 2.24) is 19.6 Å². The van der Waals surface area contributed by atoms with Crippen LogP contribution in [0.1, 0.15) is 12.0 Å². The van der Waals surface area contributed by atoms with E-state index in [-0.39, 0.29) is 0 Å². The van der Waals surface area contributed by atoms with Crippen molar-refractivity contribution in [2.45, 2.75) is 17.3 Å². The van der Waals surface area contributed by atoms with Crippen LogP contribution < -0.4 is 14.2 Å². The summed E-state index contributed by atoms with van der Waals surface area (Å²) in [4.78, 5) is 8.94. The van der Waals surface area contributed by atoms with E-state index in [0.29, 0.717) is 24.1 Å². The van der Waals surface area contributed by atoms with Crippen LogP contribution in [-0.2, 0) is 5.75 Å². The molecule has 0 fully saturated rings. The summed E-state index contributed by atoms with van der Waals surface area (Å²) < 4.78 is 18.8. The molecule has 1 aliphatic heterocycles. The zero-order chi connectivity index (χ0) is 20.3. The third-order valence-electron chi connectivity index (χ3n) is 4.78. The number of fused-ring (bicyclic) bond motifs is 2. The van der Waals surface area contributed by atoms with Gasteiger partial charge in [0.15, 0.2) is 11.5 Å². The second-order valence-corrected chi connectivity index (χ2v) is 7.70. The zero-order valence-electron chi connectivity index (χ0n) is 16.4. The summed E-state index contributed by atoms with van der Waals surface area (Å²) in [6.45, 7) is 1.36. The number of methoxy groups -OCH3 is 1. The summed E-state index contributed by atoms with van der Waals surface area (Å²) in [6.07, 6.45) is 2.63. The minimum Gasteiger partial charge on any atom is -0.496 e. The number of hydrogen-bond donors (Lipinski definition) is 0. The molecular formula is C22H20N4O3S. The number of para-hydroxylation sites is 1. The van der Waals surface area contributed by atoms with Crippen LogP contribution in [0.3, 0.4) is 0 Å². The molecule has 0 aliphatic carbocycles. The quantitative estimate of drug-likeness (QED) is 0.447. The highest BCUT2D eigenvalue weighted by atomic mass is 32.2. The van der Waals surface area contributed by atoms with E-state index in [2.05, 4.69) is 21.1 Å². The monoisotopic (exact) mass is 420 g/mol. The maximum atomic E-state index is 5.78. The van der Waals surface area contributed by atoms with Gasteiger partial charge in [-0.25, -0.2) is 4.98 Å². The Hall–Kier alpha value is -3.26. The van der Waals surface area contributed by atoms with Crippen molar-refractivity contribution in [2.24, 2.45) is 0 Å². The Morgan fingerprint density at radius 1 is 1.07 bits per heavy atom. The number of thioether (sulfide) groups is 1. The summed E-state index contributed by atoms with van der Waals surface area (Å²) in [6, 6.07) is 15.8. The van der Waals surface area contributed by atoms with E-state index < -0.39 is 0 Å². The summed E-state index contributed by atoms with van der Waals surface area (Å²) in [5.74, 6) is 3.66. The van der Waals surface area contributed by atoms with Crippen molar-refractivity contribution in [3.8, 4) is 28.5 Å². The molecule has 4 aromatic rings. The van der Waals surface area contributed by atoms with Crippen LogP contribution in [0.5, 0.6) is 17.2 Å². The van der Waals surface area contributed by atoms with E-state index in [1.165, 1.54) is 0 Å². The first-order valence-electron chi connectivity index (χ1n) is 9.68. The fraction of sp³-hybridized carbons (Fsp3) is 0.227. The Morgan fingerprint density at radius 3 is 2.83 bits per heavy atom. The van der Waals surface area contributed by atoms with Gasteiger partial charge in [0, 0.05) is 23.9 Å². The number of ether oxygens (including phenoxy) is 3. The third kappa shape index (κ3) is 3.66. The first kappa shape index (κ1) is 18.7. The van der Waals surface area contributed by atoms with E-state index in [0.717, 1.165) is 46.2 Å². The van der Waals surface area contributed by atoms with Crippen molar-refractivity contribution in [2.75, 3.05) is 20.3 Å². The maximum Gasteiger partial charge on any atom is 0.253 e. The molecule has 0 saturated carbocycles. The Morgan fingerprint density at radius 2 is 1.93 bits per heavy atom. The van der Waals surface area contributed by atoms with Crippen molar-refractivity contribution < 1.29 is 14.2 Å². The van der Waals surface area contributed by atoms with Crippen LogP contribution in [0.15, 0.2) is 59.9 Å². The molecule has 0 unspecified atom stereocenters. The van der Waals surface area contributed by atoms with Gasteiger partial charge in [-0.2, -0.15) is 9.50 Å². The van der Waals surface area contributed by atoms with Gasteiger partial charge in [0.2, 0.25) is 5.16 Å². The van der Waals surface area contributed by atoms with Gasteiger partial charge >= 0.3 is 0 Å². The first-order valence-corrected chi connectivity index (χ1v) is 10.7. The van der Waals surface area contributed by atoms with Gasteiger partial charge in [-0.3, -0.25) is 0 Å². The molecule has 0 saturated heterocycles. The van der Waals surface area contributed by atoms with Gasteiger partial charge in [0.25, 0.3) is 5.78 Å². The molecule has 0 bridgehead atoms. The molecular weight excluding hydrogens is 400 g/mol. The summed E-state index contributed by atoms with van der Waals surface area (Å²) in [5.41, 5.74) is 2.95. The second-order valence-electron chi connectivity index (χ2n) is 6.76. The molecule has 5 rings (SSSR count). The van der Waals surface area contributed by atoms with Crippen LogP contribution in [0.25, 0.3) is 17.0 Å². The van der Waals surface area contributed by atoms with Crippen LogP contribution in [0.2, 0.25) is 0 Å². The molecule has 0 N–H and O–H groups in total. The summed E-state index contributed by atoms with van der Waals surface area (Å²) >= 11 is 1.56. The molecule has 7 nitrogen and oxygen atoms in total. The predicted octanol–water partition coefficient (Wildman–Crippen LogP) is 4.25. The van der Waals surface area contributed by atoms with E-state index in [1.54, 1.807) is 29.6 Å². The van der Waals surface area contributed by atoms with Crippen molar-refractivity contribution in [3.05, 3.63) is 60.3 Å². The van der Waals surface area contributed by atoms with E-state index >= 15 is 0 Å². The number of aromatic nitrogens is 4. The van der Waals surface area contributed by atoms with Gasteiger partial charge in [-0.15, -0.1) is 5.10 Å². The van der Waals surface area contributed by atoms with E-state index in [9.17, 15) is 0 Å². The third-order valence-corrected chi connectivity index (χ3v) is 5.69. The van der Waals surface area contributed by atoms with Crippen LogP contribution in [0.4, 0.5) is 0 Å². The Labute approximate surface area is 178 Å². The number of rotatable bonds is 5. The Bertz CT molecular complexity index is 1190. The molecule has 2 aromatic carbocycles. The Balaban J connectivity index is 1.41. The van der Waals surface area contributed by atoms with Crippen molar-refractivity contribution >= 4 is 17.5 Å². The van der Waals surface area contributed by atoms with Gasteiger partial charge in [0.1, 0.15) is 5.75 Å². The smallest absolute Gasteiger partial charge is 0.253 e. The average molecular weight is 420 g/mol. The lowest BCUT2D eigenvalue weighted by molar-refractivity contribution is 0.297. The molecule has 1 aliphatic rings. The number of hydrogen-bond acceptors (Lipinski definition) is 7. The zero-order valence-corrected chi connectivity index (χ0v) is 17.3. The molecule has 0 radical (unpaired) electrons. The Kier molecular flexibility index (Phi) is 5.15. The lowest BCUT2D eigenvalue weighted by atomic mass is 10.1. The highest BCUT2D eigenvalue weighted by Crippen LogP contribution is 2.33. The SMILES string of the molecule is COc1ccccc1-c1ccnc2nc(SCc3ccc4c(c3)OCCCO4)nn12. The van der Waals surface area contributed by atoms with Crippen LogP contribution >= 0.6 is 11.8 Å². The number of nitrogens with zero attached hydrogens (tertiary/aromatic N) is 4. The molecule has 2 aromatic heterocycles. The summed E-state index contributed by atoms with van der Waals surface area (Å²) in [7, 11) is 1.66. The van der Waals surface area contributed by atoms with Crippen molar-refractivity contribution in [3.63, 3.8) is 0 Å². The molecule has 8 heteroatoms. The van der Waals surface area contributed by atoms with Gasteiger partial charge in [-0.05, 0) is 35.9 Å². The lowest BCUT2D eigenvalue weighted by Crippen LogP contribution is -1.97. The highest BCUT2D eigenvalue weighted by Gasteiger charge is 2.15. The topological polar surface area (TPSA) is 70.8 Å². The van der Waals surface area contributed by atoms with Gasteiger partial charge in [0.05, 0.1) is 26.0 Å². The fourth-order valence-electron chi connectivity index (χ4n) is 3.34. The molecule has 0 atom stereocenters. The number of benzene rings is 2. The average Bonchev–Trinajstić information content (AvgIpc) is 3.07. The first-order chi connectivity index (χ1) is 14.8. The minimum atomic E-state index is 0.555. The van der Waals surface area contributed by atoms with Gasteiger partial charge < -0.3 is 14.2 Å². The van der Waals surface area contributed by atoms with Crippen LogP contribution in [0, 0.1) is 0 Å². The standard InChI is InChI=1S/C22H20N4O3S/c1-27-18-6-3-2-5-16(18)17-9-10-23-21-24-22(25-26(17)21)30-14-15-7-8-19-20(13-15)29-12-4-11-28-19/h2-3,5-10,13H,4,11-12,14H2,1H3. The molecule has 0 spiro atoms. The second kappa shape index (κ2) is 8.23. The van der Waals surface area contributed by atoms with Gasteiger partial charge in [-0.1, -0.05) is 30.0 Å². The minimum absolute atomic E-state index is 0.555. The van der Waals surface area contributed by atoms with E-state index in [4.69, 9.17) is 14.2 Å². The molecule has 0 amide bonds. The normalized spacial score (nSPS) is 13.2. The largest absolute Gasteiger partial charge is 0.496 e. The summed E-state index contributed by atoms with van der Waals surface area (Å²) in [5, 5.41) is 5.34. The van der Waals surface area contributed by atoms with Crippen molar-refractivity contribution in [1.29, 1.82) is 0 Å². The molecule has 3 heterocycles. The van der Waals surface area contributed by atoms with Crippen LogP contribution in [-0.4, -0.2) is 39.9 Å². The highest BCUT2D eigenvalue weighted by molar-refractivity contribution is 7.98. The molecule has 30 heavy (non-hydrogen) atoms.